The summed E-state index contributed by atoms with van der Waals surface area (Å²) < 4.78 is 7.50. The largest absolute Gasteiger partial charge is 0.344 e. The van der Waals surface area contributed by atoms with E-state index in [4.69, 9.17) is 9.98 Å². The highest BCUT2D eigenvalue weighted by Crippen LogP contribution is 2.43. The van der Waals surface area contributed by atoms with Gasteiger partial charge in [-0.1, -0.05) is 127 Å². The van der Waals surface area contributed by atoms with Gasteiger partial charge in [0.05, 0.1) is 11.0 Å². The third-order valence-corrected chi connectivity index (χ3v) is 13.5. The van der Waals surface area contributed by atoms with Crippen molar-refractivity contribution < 1.29 is 0 Å². The Morgan fingerprint density at radius 3 is 1.81 bits per heavy atom. The molecule has 57 heavy (non-hydrogen) atoms. The predicted octanol–water partition coefficient (Wildman–Crippen LogP) is 13.7. The summed E-state index contributed by atoms with van der Waals surface area (Å²) in [7, 11) is 0. The minimum absolute atomic E-state index is 0.306. The summed E-state index contributed by atoms with van der Waals surface area (Å²) in [5.74, 6) is 1.55. The van der Waals surface area contributed by atoms with Crippen molar-refractivity contribution in [3.05, 3.63) is 199 Å². The van der Waals surface area contributed by atoms with Crippen LogP contribution in [0.2, 0.25) is 0 Å². The number of thiophene rings is 2. The Hall–Kier alpha value is -6.86. The second-order valence-electron chi connectivity index (χ2n) is 14.6. The molecule has 1 atom stereocenters. The molecule has 0 saturated heterocycles. The summed E-state index contributed by atoms with van der Waals surface area (Å²) in [5.41, 5.74) is 9.25. The first-order valence-corrected chi connectivity index (χ1v) is 20.8. The van der Waals surface area contributed by atoms with E-state index in [-0.39, 0.29) is 6.17 Å². The van der Waals surface area contributed by atoms with Crippen LogP contribution in [-0.4, -0.2) is 16.2 Å². The van der Waals surface area contributed by atoms with Crippen LogP contribution in [0, 0.1) is 0 Å². The van der Waals surface area contributed by atoms with Crippen molar-refractivity contribution in [1.29, 1.82) is 0 Å². The van der Waals surface area contributed by atoms with E-state index in [0.717, 1.165) is 28.4 Å². The lowest BCUT2D eigenvalue weighted by Gasteiger charge is -2.24. The molecule has 3 aromatic heterocycles. The van der Waals surface area contributed by atoms with Crippen LogP contribution in [-0.2, 0) is 0 Å². The van der Waals surface area contributed by atoms with Crippen molar-refractivity contribution in [2.75, 3.05) is 0 Å². The third-order valence-electron chi connectivity index (χ3n) is 11.3. The Labute approximate surface area is 336 Å². The average Bonchev–Trinajstić information content (AvgIpc) is 3.95. The van der Waals surface area contributed by atoms with E-state index < -0.39 is 0 Å². The highest BCUT2D eigenvalue weighted by Gasteiger charge is 2.24. The van der Waals surface area contributed by atoms with Crippen LogP contribution in [0.4, 0.5) is 0 Å². The zero-order chi connectivity index (χ0) is 37.5. The van der Waals surface area contributed by atoms with Crippen molar-refractivity contribution in [2.45, 2.75) is 6.17 Å². The lowest BCUT2D eigenvalue weighted by atomic mass is 9.98. The average molecular weight is 765 g/mol. The van der Waals surface area contributed by atoms with E-state index in [1.807, 2.05) is 46.9 Å². The smallest absolute Gasteiger partial charge is 0.159 e. The first-order valence-electron chi connectivity index (χ1n) is 19.2. The molecule has 0 fully saturated rings. The van der Waals surface area contributed by atoms with Crippen LogP contribution in [0.3, 0.4) is 0 Å². The number of nitrogens with one attached hydrogen (secondary N) is 1. The number of aromatic nitrogens is 1. The van der Waals surface area contributed by atoms with Gasteiger partial charge in [0.2, 0.25) is 0 Å². The minimum atomic E-state index is -0.306. The molecule has 0 amide bonds. The van der Waals surface area contributed by atoms with Gasteiger partial charge in [-0.15, -0.1) is 22.7 Å². The molecule has 1 N–H and O–H groups in total. The molecule has 0 aliphatic carbocycles. The van der Waals surface area contributed by atoms with Crippen LogP contribution >= 0.6 is 22.7 Å². The Balaban J connectivity index is 0.963. The standard InChI is InChI=1S/C51H32N4S2/c1-3-12-31(13-4-1)49-52-50(32-14-5-2-6-15-32)54-51(53-49)39-18-11-21-46-48(39)41-29-34(23-27-45(41)56-46)33-22-26-44-40(28-33)38-25-24-35(30-47(38)57-44)55-42-19-9-7-16-36(42)37-17-8-10-20-43(37)55/h1-30,51H,(H,52,53,54). The van der Waals surface area contributed by atoms with Crippen molar-refractivity contribution in [3.8, 4) is 16.8 Å². The lowest BCUT2D eigenvalue weighted by molar-refractivity contribution is 0.680. The van der Waals surface area contributed by atoms with Crippen molar-refractivity contribution >= 4 is 96.5 Å². The quantitative estimate of drug-likeness (QED) is 0.186. The first kappa shape index (κ1) is 32.4. The van der Waals surface area contributed by atoms with Gasteiger partial charge in [-0.2, -0.15) is 0 Å². The van der Waals surface area contributed by atoms with Gasteiger partial charge < -0.3 is 9.88 Å². The molecule has 0 saturated carbocycles. The second-order valence-corrected chi connectivity index (χ2v) is 16.8. The summed E-state index contributed by atoms with van der Waals surface area (Å²) >= 11 is 3.71. The fraction of sp³-hybridized carbons (Fsp3) is 0.0196. The van der Waals surface area contributed by atoms with Crippen LogP contribution in [0.5, 0.6) is 0 Å². The highest BCUT2D eigenvalue weighted by atomic mass is 32.1. The zero-order valence-electron chi connectivity index (χ0n) is 30.6. The molecule has 4 heterocycles. The van der Waals surface area contributed by atoms with Gasteiger partial charge in [0.25, 0.3) is 0 Å². The normalized spacial score (nSPS) is 14.5. The summed E-state index contributed by atoms with van der Waals surface area (Å²) in [4.78, 5) is 10.3. The molecule has 268 valence electrons. The summed E-state index contributed by atoms with van der Waals surface area (Å²) in [6.07, 6.45) is -0.306. The molecule has 11 aromatic rings. The fourth-order valence-electron chi connectivity index (χ4n) is 8.62. The predicted molar refractivity (Wildman–Crippen MR) is 244 cm³/mol. The molecule has 0 bridgehead atoms. The molecule has 0 radical (unpaired) electrons. The first-order chi connectivity index (χ1) is 28.2. The molecule has 1 aliphatic heterocycles. The molecule has 1 unspecified atom stereocenters. The number of rotatable bonds is 5. The van der Waals surface area contributed by atoms with E-state index in [1.54, 1.807) is 0 Å². The number of hydrogen-bond donors (Lipinski definition) is 1. The molecule has 6 heteroatoms. The summed E-state index contributed by atoms with van der Waals surface area (Å²) in [6, 6.07) is 65.5. The molecular formula is C51H32N4S2. The Bertz CT molecular complexity index is 3390. The third kappa shape index (κ3) is 5.26. The number of aliphatic imine (C=N–C) groups is 2. The second kappa shape index (κ2) is 12.8. The van der Waals surface area contributed by atoms with E-state index in [2.05, 4.69) is 168 Å². The van der Waals surface area contributed by atoms with Gasteiger partial charge in [-0.25, -0.2) is 9.98 Å². The molecule has 0 spiro atoms. The van der Waals surface area contributed by atoms with Crippen molar-refractivity contribution in [2.24, 2.45) is 9.98 Å². The Morgan fingerprint density at radius 1 is 0.439 bits per heavy atom. The summed E-state index contributed by atoms with van der Waals surface area (Å²) in [5, 5.41) is 11.3. The highest BCUT2D eigenvalue weighted by molar-refractivity contribution is 7.26. The maximum absolute atomic E-state index is 5.25. The molecular weight excluding hydrogens is 733 g/mol. The van der Waals surface area contributed by atoms with Gasteiger partial charge in [-0.3, -0.25) is 0 Å². The molecule has 4 nitrogen and oxygen atoms in total. The van der Waals surface area contributed by atoms with Crippen LogP contribution < -0.4 is 5.32 Å². The van der Waals surface area contributed by atoms with Gasteiger partial charge in [0.1, 0.15) is 12.0 Å². The van der Waals surface area contributed by atoms with Gasteiger partial charge in [0.15, 0.2) is 5.84 Å². The molecule has 12 rings (SSSR count). The SMILES string of the molecule is c1ccc(C2=NC(c3cccc4sc5ccc(-c6ccc7sc8cc(-n9c%10ccccc%10c%10ccccc%109)ccc8c7c6)cc5c34)NC(c3ccccc3)=N2)cc1. The number of nitrogens with zero attached hydrogens (tertiary/aromatic N) is 3. The van der Waals surface area contributed by atoms with Crippen molar-refractivity contribution in [1.82, 2.24) is 9.88 Å². The van der Waals surface area contributed by atoms with Gasteiger partial charge in [0, 0.05) is 73.5 Å². The van der Waals surface area contributed by atoms with Crippen LogP contribution in [0.1, 0.15) is 22.9 Å². The maximum atomic E-state index is 5.25. The number of fused-ring (bicyclic) bond motifs is 9. The monoisotopic (exact) mass is 764 g/mol. The number of hydrogen-bond acceptors (Lipinski definition) is 5. The lowest BCUT2D eigenvalue weighted by Crippen LogP contribution is -2.33. The Kier molecular flexibility index (Phi) is 7.30. The van der Waals surface area contributed by atoms with Crippen LogP contribution in [0.15, 0.2) is 192 Å². The van der Waals surface area contributed by atoms with Gasteiger partial charge >= 0.3 is 0 Å². The zero-order valence-corrected chi connectivity index (χ0v) is 32.2. The number of para-hydroxylation sites is 2. The van der Waals surface area contributed by atoms with Crippen molar-refractivity contribution in [3.63, 3.8) is 0 Å². The number of benzene rings is 8. The fourth-order valence-corrected chi connectivity index (χ4v) is 10.9. The van der Waals surface area contributed by atoms with Crippen LogP contribution in [0.25, 0.3) is 79.0 Å². The summed E-state index contributed by atoms with van der Waals surface area (Å²) in [6.45, 7) is 0. The van der Waals surface area contributed by atoms with E-state index in [9.17, 15) is 0 Å². The molecule has 8 aromatic carbocycles. The van der Waals surface area contributed by atoms with E-state index >= 15 is 0 Å². The van der Waals surface area contributed by atoms with Gasteiger partial charge in [-0.05, 0) is 65.7 Å². The minimum Gasteiger partial charge on any atom is -0.344 e. The molecule has 1 aliphatic rings. The number of amidine groups is 2. The maximum Gasteiger partial charge on any atom is 0.159 e. The van der Waals surface area contributed by atoms with E-state index in [1.165, 1.54) is 79.0 Å². The topological polar surface area (TPSA) is 41.7 Å². The Morgan fingerprint density at radius 2 is 1.07 bits per heavy atom. The van der Waals surface area contributed by atoms with E-state index in [0.29, 0.717) is 0 Å².